The molecule has 2 nitrogen and oxygen atoms in total. The van der Waals surface area contributed by atoms with Crippen LogP contribution in [-0.2, 0) is 0 Å². The van der Waals surface area contributed by atoms with Gasteiger partial charge in [-0.3, -0.25) is 0 Å². The highest BCUT2D eigenvalue weighted by Gasteiger charge is 2.43. The molecular formula is C6H12I2N2. The van der Waals surface area contributed by atoms with E-state index >= 15 is 0 Å². The molecule has 0 spiro atoms. The van der Waals surface area contributed by atoms with Gasteiger partial charge in [-0.25, -0.2) is 0 Å². The third-order valence-corrected chi connectivity index (χ3v) is 5.10. The van der Waals surface area contributed by atoms with Crippen LogP contribution in [-0.4, -0.2) is 7.09 Å². The van der Waals surface area contributed by atoms with Crippen LogP contribution in [0.15, 0.2) is 0 Å². The van der Waals surface area contributed by atoms with E-state index in [-0.39, 0.29) is 1.43 Å². The van der Waals surface area contributed by atoms with Crippen LogP contribution >= 0.6 is 45.2 Å². The van der Waals surface area contributed by atoms with Gasteiger partial charge in [0.25, 0.3) is 0 Å². The number of hydrogen-bond donors (Lipinski definition) is 2. The molecule has 0 saturated heterocycles. The molecule has 1 rings (SSSR count). The fraction of sp³-hybridized carbons (Fsp3) is 1.00. The average Bonchev–Trinajstić information content (AvgIpc) is 1.77. The highest BCUT2D eigenvalue weighted by Crippen LogP contribution is 2.45. The predicted molar refractivity (Wildman–Crippen MR) is 60.3 cm³/mol. The smallest absolute Gasteiger partial charge is 0.104 e. The van der Waals surface area contributed by atoms with Gasteiger partial charge in [0.05, 0.1) is 5.66 Å². The van der Waals surface area contributed by atoms with Crippen molar-refractivity contribution in [2.24, 2.45) is 11.5 Å². The molecule has 1 fully saturated rings. The molecule has 0 aromatic heterocycles. The monoisotopic (exact) mass is 366 g/mol. The minimum absolute atomic E-state index is 0.0702. The molecule has 0 radical (unpaired) electrons. The first-order valence-corrected chi connectivity index (χ1v) is 5.57. The molecule has 1 aliphatic carbocycles. The molecule has 0 unspecified atom stereocenters. The molecule has 0 heterocycles. The lowest BCUT2D eigenvalue weighted by Crippen LogP contribution is -2.62. The molecule has 0 atom stereocenters. The van der Waals surface area contributed by atoms with Crippen LogP contribution in [0.5, 0.6) is 0 Å². The van der Waals surface area contributed by atoms with Crippen molar-refractivity contribution >= 4 is 45.2 Å². The zero-order chi connectivity index (χ0) is 7.83. The summed E-state index contributed by atoms with van der Waals surface area (Å²) < 4.78 is 0.0702. The van der Waals surface area contributed by atoms with Gasteiger partial charge in [-0.1, -0.05) is 58.0 Å². The summed E-state index contributed by atoms with van der Waals surface area (Å²) in [6, 6.07) is 0. The Morgan fingerprint density at radius 2 is 1.50 bits per heavy atom. The second-order valence-corrected chi connectivity index (χ2v) is 8.70. The molecule has 10 heavy (non-hydrogen) atoms. The molecule has 60 valence electrons. The minimum Gasteiger partial charge on any atom is -0.312 e. The summed E-state index contributed by atoms with van der Waals surface area (Å²) in [5.41, 5.74) is 11.4. The van der Waals surface area contributed by atoms with Gasteiger partial charge in [0, 0.05) is 0 Å². The summed E-state index contributed by atoms with van der Waals surface area (Å²) in [6.45, 7) is 0. The molecule has 4 N–H and O–H groups in total. The molecule has 0 aliphatic heterocycles. The van der Waals surface area contributed by atoms with Crippen LogP contribution in [0.1, 0.15) is 25.7 Å². The van der Waals surface area contributed by atoms with Crippen LogP contribution in [0.2, 0.25) is 0 Å². The van der Waals surface area contributed by atoms with E-state index in [9.17, 15) is 0 Å². The lowest BCUT2D eigenvalue weighted by Gasteiger charge is -2.41. The largest absolute Gasteiger partial charge is 0.312 e. The van der Waals surface area contributed by atoms with Crippen molar-refractivity contribution in [1.29, 1.82) is 0 Å². The Morgan fingerprint density at radius 1 is 1.00 bits per heavy atom. The zero-order valence-electron chi connectivity index (χ0n) is 5.74. The second kappa shape index (κ2) is 3.02. The Labute approximate surface area is 88.8 Å². The summed E-state index contributed by atoms with van der Waals surface area (Å²) in [7, 11) is 0. The van der Waals surface area contributed by atoms with Crippen molar-refractivity contribution in [3.63, 3.8) is 0 Å². The van der Waals surface area contributed by atoms with Crippen molar-refractivity contribution in [1.82, 2.24) is 0 Å². The van der Waals surface area contributed by atoms with Crippen molar-refractivity contribution in [3.05, 3.63) is 0 Å². The van der Waals surface area contributed by atoms with Crippen molar-refractivity contribution in [3.8, 4) is 0 Å². The van der Waals surface area contributed by atoms with E-state index in [1.807, 2.05) is 0 Å². The maximum Gasteiger partial charge on any atom is 0.104 e. The maximum atomic E-state index is 5.92. The highest BCUT2D eigenvalue weighted by molar-refractivity contribution is 14.2. The third kappa shape index (κ3) is 1.75. The van der Waals surface area contributed by atoms with Crippen LogP contribution in [0.4, 0.5) is 0 Å². The van der Waals surface area contributed by atoms with E-state index in [0.717, 1.165) is 12.8 Å². The number of nitrogens with two attached hydrogens (primary N) is 2. The van der Waals surface area contributed by atoms with Gasteiger partial charge in [-0.15, -0.1) is 0 Å². The van der Waals surface area contributed by atoms with Gasteiger partial charge in [0.1, 0.15) is 1.43 Å². The Kier molecular flexibility index (Phi) is 2.86. The first-order chi connectivity index (χ1) is 4.46. The van der Waals surface area contributed by atoms with Gasteiger partial charge in [0.15, 0.2) is 0 Å². The van der Waals surface area contributed by atoms with Crippen molar-refractivity contribution in [2.75, 3.05) is 0 Å². The second-order valence-electron chi connectivity index (χ2n) is 2.95. The Bertz CT molecular complexity index is 118. The van der Waals surface area contributed by atoms with Crippen molar-refractivity contribution < 1.29 is 0 Å². The van der Waals surface area contributed by atoms with E-state index in [1.54, 1.807) is 0 Å². The molecule has 4 heteroatoms. The standard InChI is InChI=1S/C6H12I2N2/c7-5(8)3-1-2-4-6(5,9)10/h1-4,9-10H2. The Morgan fingerprint density at radius 3 is 1.80 bits per heavy atom. The Balaban J connectivity index is 2.70. The summed E-state index contributed by atoms with van der Waals surface area (Å²) in [4.78, 5) is 0. The maximum absolute atomic E-state index is 5.92. The summed E-state index contributed by atoms with van der Waals surface area (Å²) in [5.74, 6) is 0. The third-order valence-electron chi connectivity index (χ3n) is 2.01. The van der Waals surface area contributed by atoms with E-state index in [2.05, 4.69) is 45.2 Å². The van der Waals surface area contributed by atoms with Gasteiger partial charge in [0.2, 0.25) is 0 Å². The van der Waals surface area contributed by atoms with Gasteiger partial charge < -0.3 is 11.5 Å². The van der Waals surface area contributed by atoms with Crippen LogP contribution < -0.4 is 11.5 Å². The molecule has 1 aliphatic rings. The van der Waals surface area contributed by atoms with E-state index in [4.69, 9.17) is 11.5 Å². The fourth-order valence-electron chi connectivity index (χ4n) is 1.18. The quantitative estimate of drug-likeness (QED) is 0.390. The molecule has 0 aromatic carbocycles. The lowest BCUT2D eigenvalue weighted by molar-refractivity contribution is 0.317. The lowest BCUT2D eigenvalue weighted by atomic mass is 9.91. The molecule has 1 saturated carbocycles. The number of halogens is 2. The molecular weight excluding hydrogens is 354 g/mol. The first kappa shape index (κ1) is 9.47. The van der Waals surface area contributed by atoms with Crippen LogP contribution in [0.3, 0.4) is 0 Å². The van der Waals surface area contributed by atoms with E-state index in [0.29, 0.717) is 0 Å². The number of hydrogen-bond acceptors (Lipinski definition) is 2. The topological polar surface area (TPSA) is 52.0 Å². The SMILES string of the molecule is NC1(N)CCCCC1(I)I. The van der Waals surface area contributed by atoms with E-state index in [1.165, 1.54) is 12.8 Å². The normalized spacial score (nSPS) is 30.0. The van der Waals surface area contributed by atoms with Gasteiger partial charge in [-0.05, 0) is 12.8 Å². The van der Waals surface area contributed by atoms with Crippen LogP contribution in [0, 0.1) is 0 Å². The minimum atomic E-state index is -0.452. The highest BCUT2D eigenvalue weighted by atomic mass is 127. The number of alkyl halides is 2. The van der Waals surface area contributed by atoms with Crippen molar-refractivity contribution in [2.45, 2.75) is 32.8 Å². The molecule has 0 aromatic rings. The molecule has 0 amide bonds. The average molecular weight is 366 g/mol. The summed E-state index contributed by atoms with van der Waals surface area (Å²) in [5, 5.41) is 0. The first-order valence-electron chi connectivity index (χ1n) is 3.41. The summed E-state index contributed by atoms with van der Waals surface area (Å²) >= 11 is 4.74. The molecule has 0 bridgehead atoms. The van der Waals surface area contributed by atoms with Crippen LogP contribution in [0.25, 0.3) is 0 Å². The zero-order valence-corrected chi connectivity index (χ0v) is 10.1. The fourth-order valence-corrected chi connectivity index (χ4v) is 2.48. The predicted octanol–water partition coefficient (Wildman–Crippen LogP) is 1.74. The van der Waals surface area contributed by atoms with Gasteiger partial charge >= 0.3 is 0 Å². The number of rotatable bonds is 0. The summed E-state index contributed by atoms with van der Waals surface area (Å²) in [6.07, 6.45) is 4.54. The Hall–Kier alpha value is 1.38. The van der Waals surface area contributed by atoms with E-state index < -0.39 is 5.66 Å². The van der Waals surface area contributed by atoms with Gasteiger partial charge in [-0.2, -0.15) is 0 Å².